The van der Waals surface area contributed by atoms with Crippen molar-refractivity contribution in [2.75, 3.05) is 13.6 Å². The highest BCUT2D eigenvalue weighted by atomic mass is 19.4. The van der Waals surface area contributed by atoms with Crippen molar-refractivity contribution in [3.05, 3.63) is 0 Å². The Balaban J connectivity index is 4.91. The van der Waals surface area contributed by atoms with Gasteiger partial charge in [0.1, 0.15) is 5.92 Å². The molecule has 0 bridgehead atoms. The van der Waals surface area contributed by atoms with Crippen molar-refractivity contribution in [1.29, 1.82) is 0 Å². The summed E-state index contributed by atoms with van der Waals surface area (Å²) in [6.07, 6.45) is -3.82. The number of nitrogens with zero attached hydrogens (tertiary/aromatic N) is 2. The van der Waals surface area contributed by atoms with Crippen LogP contribution in [0.1, 0.15) is 27.2 Å². The summed E-state index contributed by atoms with van der Waals surface area (Å²) < 4.78 is 38.1. The van der Waals surface area contributed by atoms with Crippen LogP contribution in [0.5, 0.6) is 0 Å². The molecule has 0 aromatic heterocycles. The first kappa shape index (κ1) is 16.0. The normalized spacial score (nSPS) is 16.4. The molecule has 4 nitrogen and oxygen atoms in total. The number of hydrogen-bond acceptors (Lipinski definition) is 3. The van der Waals surface area contributed by atoms with Crippen LogP contribution in [-0.4, -0.2) is 41.3 Å². The van der Waals surface area contributed by atoms with Gasteiger partial charge in [-0.25, -0.2) is 0 Å². The summed E-state index contributed by atoms with van der Waals surface area (Å²) in [7, 11) is 1.59. The Bertz CT molecular complexity index is 276. The van der Waals surface area contributed by atoms with Crippen molar-refractivity contribution < 1.29 is 18.4 Å². The lowest BCUT2D eigenvalue weighted by Crippen LogP contribution is -2.49. The third kappa shape index (κ3) is 4.41. The molecule has 1 unspecified atom stereocenters. The van der Waals surface area contributed by atoms with E-state index in [4.69, 9.17) is 10.9 Å². The van der Waals surface area contributed by atoms with E-state index in [2.05, 4.69) is 5.16 Å². The molecular weight excluding hydrogens is 235 g/mol. The van der Waals surface area contributed by atoms with Gasteiger partial charge in [0.25, 0.3) is 0 Å². The molecule has 0 aromatic rings. The van der Waals surface area contributed by atoms with E-state index in [1.54, 1.807) is 11.9 Å². The van der Waals surface area contributed by atoms with Crippen molar-refractivity contribution in [1.82, 2.24) is 4.90 Å². The molecule has 0 aliphatic rings. The van der Waals surface area contributed by atoms with Crippen molar-refractivity contribution in [2.45, 2.75) is 38.9 Å². The van der Waals surface area contributed by atoms with Crippen molar-refractivity contribution >= 4 is 5.84 Å². The average molecular weight is 255 g/mol. The van der Waals surface area contributed by atoms with Crippen LogP contribution < -0.4 is 5.73 Å². The molecule has 0 aliphatic carbocycles. The largest absolute Gasteiger partial charge is 0.409 e. The van der Waals surface area contributed by atoms with E-state index in [1.165, 1.54) is 0 Å². The van der Waals surface area contributed by atoms with Crippen LogP contribution in [0.2, 0.25) is 0 Å². The smallest absolute Gasteiger partial charge is 0.400 e. The van der Waals surface area contributed by atoms with E-state index < -0.39 is 17.9 Å². The second kappa shape index (κ2) is 5.57. The van der Waals surface area contributed by atoms with Gasteiger partial charge in [0.2, 0.25) is 0 Å². The Morgan fingerprint density at radius 2 is 1.88 bits per heavy atom. The van der Waals surface area contributed by atoms with Crippen LogP contribution in [0, 0.1) is 5.92 Å². The molecule has 17 heavy (non-hydrogen) atoms. The summed E-state index contributed by atoms with van der Waals surface area (Å²) in [5.41, 5.74) is 4.71. The molecule has 0 heterocycles. The minimum Gasteiger partial charge on any atom is -0.409 e. The van der Waals surface area contributed by atoms with Gasteiger partial charge in [-0.05, 0) is 27.3 Å². The van der Waals surface area contributed by atoms with Gasteiger partial charge >= 0.3 is 6.18 Å². The van der Waals surface area contributed by atoms with E-state index in [0.29, 0.717) is 6.42 Å². The van der Waals surface area contributed by atoms with Gasteiger partial charge in [-0.1, -0.05) is 12.1 Å². The lowest BCUT2D eigenvalue weighted by atomic mass is 9.97. The Morgan fingerprint density at radius 1 is 1.41 bits per heavy atom. The summed E-state index contributed by atoms with van der Waals surface area (Å²) in [6, 6.07) is 0. The van der Waals surface area contributed by atoms with Gasteiger partial charge in [0.05, 0.1) is 0 Å². The zero-order valence-electron chi connectivity index (χ0n) is 10.5. The molecule has 0 aromatic carbocycles. The molecule has 0 saturated carbocycles. The molecule has 0 spiro atoms. The third-order valence-electron chi connectivity index (χ3n) is 3.22. The topological polar surface area (TPSA) is 61.8 Å². The molecule has 1 atom stereocenters. The number of rotatable bonds is 5. The predicted octanol–water partition coefficient (Wildman–Crippen LogP) is 2.03. The summed E-state index contributed by atoms with van der Waals surface area (Å²) in [4.78, 5) is 1.56. The van der Waals surface area contributed by atoms with Crippen LogP contribution >= 0.6 is 0 Å². The number of alkyl halides is 3. The number of halogens is 3. The Labute approximate surface area is 99.3 Å². The van der Waals surface area contributed by atoms with Crippen LogP contribution in [0.25, 0.3) is 0 Å². The van der Waals surface area contributed by atoms with E-state index in [9.17, 15) is 13.2 Å². The Kier molecular flexibility index (Phi) is 5.25. The first-order valence-electron chi connectivity index (χ1n) is 5.31. The Morgan fingerprint density at radius 3 is 2.18 bits per heavy atom. The second-order valence-corrected chi connectivity index (χ2v) is 4.67. The Hall–Kier alpha value is -0.980. The molecule has 0 amide bonds. The third-order valence-corrected chi connectivity index (χ3v) is 3.22. The van der Waals surface area contributed by atoms with Crippen molar-refractivity contribution in [3.63, 3.8) is 0 Å². The quantitative estimate of drug-likeness (QED) is 0.342. The van der Waals surface area contributed by atoms with E-state index in [0.717, 1.165) is 0 Å². The molecule has 0 radical (unpaired) electrons. The highest BCUT2D eigenvalue weighted by molar-refractivity contribution is 5.83. The monoisotopic (exact) mass is 255 g/mol. The van der Waals surface area contributed by atoms with E-state index >= 15 is 0 Å². The highest BCUT2D eigenvalue weighted by Gasteiger charge is 2.44. The molecule has 7 heteroatoms. The van der Waals surface area contributed by atoms with Gasteiger partial charge in [0.15, 0.2) is 5.84 Å². The van der Waals surface area contributed by atoms with Crippen LogP contribution in [0.3, 0.4) is 0 Å². The van der Waals surface area contributed by atoms with E-state index in [-0.39, 0.29) is 12.1 Å². The van der Waals surface area contributed by atoms with Gasteiger partial charge in [-0.15, -0.1) is 0 Å². The fourth-order valence-corrected chi connectivity index (χ4v) is 1.23. The van der Waals surface area contributed by atoms with Crippen LogP contribution in [0.4, 0.5) is 13.2 Å². The molecule has 102 valence electrons. The van der Waals surface area contributed by atoms with Crippen LogP contribution in [0.15, 0.2) is 5.16 Å². The zero-order chi connectivity index (χ0) is 13.9. The van der Waals surface area contributed by atoms with Gasteiger partial charge in [0, 0.05) is 12.1 Å². The maximum absolute atomic E-state index is 12.7. The van der Waals surface area contributed by atoms with Crippen molar-refractivity contribution in [2.24, 2.45) is 16.8 Å². The van der Waals surface area contributed by atoms with Gasteiger partial charge < -0.3 is 15.8 Å². The minimum absolute atomic E-state index is 0.333. The van der Waals surface area contributed by atoms with Gasteiger partial charge in [-0.3, -0.25) is 0 Å². The summed E-state index contributed by atoms with van der Waals surface area (Å²) >= 11 is 0. The number of amidine groups is 1. The fourth-order valence-electron chi connectivity index (χ4n) is 1.23. The molecule has 0 aliphatic heterocycles. The molecular formula is C10H20F3N3O. The molecule has 0 saturated heterocycles. The van der Waals surface area contributed by atoms with Crippen LogP contribution in [-0.2, 0) is 0 Å². The lowest BCUT2D eigenvalue weighted by molar-refractivity contribution is -0.162. The number of hydrogen-bond donors (Lipinski definition) is 2. The number of nitrogens with two attached hydrogens (primary N) is 1. The summed E-state index contributed by atoms with van der Waals surface area (Å²) in [5.74, 6) is -2.76. The standard InChI is InChI=1S/C10H20F3N3O/c1-5-9(2,3)16(4)6-7(8(14)15-17)10(11,12)13/h7,17H,5-6H2,1-4H3,(H2,14,15). The average Bonchev–Trinajstić information content (AvgIpc) is 2.22. The fraction of sp³-hybridized carbons (Fsp3) is 0.900. The maximum atomic E-state index is 12.7. The SMILES string of the molecule is CCC(C)(C)N(C)CC(C(N)=NO)C(F)(F)F. The second-order valence-electron chi connectivity index (χ2n) is 4.67. The highest BCUT2D eigenvalue weighted by Crippen LogP contribution is 2.29. The summed E-state index contributed by atoms with van der Waals surface area (Å²) in [5, 5.41) is 10.8. The summed E-state index contributed by atoms with van der Waals surface area (Å²) in [6.45, 7) is 5.24. The maximum Gasteiger partial charge on any atom is 0.400 e. The minimum atomic E-state index is -4.52. The van der Waals surface area contributed by atoms with E-state index in [1.807, 2.05) is 20.8 Å². The molecule has 0 rings (SSSR count). The molecule has 0 fully saturated rings. The van der Waals surface area contributed by atoms with Gasteiger partial charge in [-0.2, -0.15) is 13.2 Å². The lowest BCUT2D eigenvalue weighted by Gasteiger charge is -2.37. The van der Waals surface area contributed by atoms with Crippen molar-refractivity contribution in [3.8, 4) is 0 Å². The first-order valence-corrected chi connectivity index (χ1v) is 5.31. The number of oxime groups is 1. The first-order chi connectivity index (χ1) is 7.56. The zero-order valence-corrected chi connectivity index (χ0v) is 10.5. The predicted molar refractivity (Wildman–Crippen MR) is 60.0 cm³/mol. The molecule has 3 N–H and O–H groups in total.